The highest BCUT2D eigenvalue weighted by atomic mass is 32.2. The summed E-state index contributed by atoms with van der Waals surface area (Å²) in [7, 11) is -3.66. The summed E-state index contributed by atoms with van der Waals surface area (Å²) < 4.78 is 40.4. The Morgan fingerprint density at radius 3 is 2.29 bits per heavy atom. The molecule has 0 saturated carbocycles. The number of halogens is 1. The van der Waals surface area contributed by atoms with E-state index in [9.17, 15) is 17.6 Å². The van der Waals surface area contributed by atoms with Gasteiger partial charge < -0.3 is 0 Å². The van der Waals surface area contributed by atoms with Gasteiger partial charge in [-0.3, -0.25) is 4.79 Å². The van der Waals surface area contributed by atoms with Crippen LogP contribution in [0.15, 0.2) is 53.4 Å². The first-order valence-corrected chi connectivity index (χ1v) is 9.22. The summed E-state index contributed by atoms with van der Waals surface area (Å²) in [6.07, 6.45) is 1.46. The van der Waals surface area contributed by atoms with Crippen LogP contribution in [-0.2, 0) is 10.0 Å². The largest absolute Gasteiger partial charge is 0.295 e. The lowest BCUT2D eigenvalue weighted by Gasteiger charge is -2.24. The predicted octanol–water partition coefficient (Wildman–Crippen LogP) is 3.55. The van der Waals surface area contributed by atoms with Gasteiger partial charge in [-0.15, -0.1) is 0 Å². The molecule has 3 rings (SSSR count). The quantitative estimate of drug-likeness (QED) is 0.795. The first-order chi connectivity index (χ1) is 11.4. The SMILES string of the molecule is CC(=O)c1ccc(S(=O)(=O)N2CCCC2c2ccc(F)cc2)cc1. The van der Waals surface area contributed by atoms with Gasteiger partial charge in [-0.05, 0) is 49.6 Å². The molecule has 0 aliphatic carbocycles. The summed E-state index contributed by atoms with van der Waals surface area (Å²) in [4.78, 5) is 11.5. The molecule has 1 unspecified atom stereocenters. The normalized spacial score (nSPS) is 18.7. The van der Waals surface area contributed by atoms with Gasteiger partial charge in [0, 0.05) is 12.1 Å². The minimum atomic E-state index is -3.66. The first-order valence-electron chi connectivity index (χ1n) is 7.78. The lowest BCUT2D eigenvalue weighted by Crippen LogP contribution is -2.30. The number of carbonyl (C=O) groups is 1. The molecule has 1 atom stereocenters. The number of carbonyl (C=O) groups excluding carboxylic acids is 1. The van der Waals surface area contributed by atoms with E-state index < -0.39 is 10.0 Å². The zero-order chi connectivity index (χ0) is 17.3. The van der Waals surface area contributed by atoms with Crippen molar-refractivity contribution in [2.45, 2.75) is 30.7 Å². The molecule has 1 saturated heterocycles. The number of rotatable bonds is 4. The molecule has 0 spiro atoms. The third-order valence-electron chi connectivity index (χ3n) is 4.33. The van der Waals surface area contributed by atoms with E-state index >= 15 is 0 Å². The molecule has 6 heteroatoms. The van der Waals surface area contributed by atoms with Crippen molar-refractivity contribution in [1.29, 1.82) is 0 Å². The third-order valence-corrected chi connectivity index (χ3v) is 6.25. The van der Waals surface area contributed by atoms with Crippen molar-refractivity contribution in [3.63, 3.8) is 0 Å². The van der Waals surface area contributed by atoms with Crippen molar-refractivity contribution in [1.82, 2.24) is 4.31 Å². The Hall–Kier alpha value is -2.05. The molecule has 24 heavy (non-hydrogen) atoms. The number of nitrogens with zero attached hydrogens (tertiary/aromatic N) is 1. The average molecular weight is 347 g/mol. The minimum absolute atomic E-state index is 0.107. The van der Waals surface area contributed by atoms with E-state index in [-0.39, 0.29) is 22.5 Å². The number of benzene rings is 2. The molecule has 0 bridgehead atoms. The summed E-state index contributed by atoms with van der Waals surface area (Å²) in [5, 5.41) is 0. The maximum Gasteiger partial charge on any atom is 0.243 e. The summed E-state index contributed by atoms with van der Waals surface area (Å²) >= 11 is 0. The number of Topliss-reactive ketones (excluding diaryl/α,β-unsaturated/α-hetero) is 1. The van der Waals surface area contributed by atoms with Crippen LogP contribution in [0.5, 0.6) is 0 Å². The second-order valence-electron chi connectivity index (χ2n) is 5.91. The fraction of sp³-hybridized carbons (Fsp3) is 0.278. The van der Waals surface area contributed by atoms with Crippen LogP contribution in [0.2, 0.25) is 0 Å². The van der Waals surface area contributed by atoms with Crippen LogP contribution in [0.4, 0.5) is 4.39 Å². The second kappa shape index (κ2) is 6.45. The monoisotopic (exact) mass is 347 g/mol. The Labute approximate surface area is 141 Å². The number of sulfonamides is 1. The third kappa shape index (κ3) is 3.12. The van der Waals surface area contributed by atoms with Crippen molar-refractivity contribution in [3.8, 4) is 0 Å². The van der Waals surface area contributed by atoms with Gasteiger partial charge in [-0.2, -0.15) is 4.31 Å². The fourth-order valence-corrected chi connectivity index (χ4v) is 4.73. The van der Waals surface area contributed by atoms with Gasteiger partial charge in [0.15, 0.2) is 5.78 Å². The van der Waals surface area contributed by atoms with Crippen molar-refractivity contribution >= 4 is 15.8 Å². The summed E-state index contributed by atoms with van der Waals surface area (Å²) in [5.74, 6) is -0.449. The molecule has 1 aliphatic rings. The van der Waals surface area contributed by atoms with Crippen LogP contribution in [-0.4, -0.2) is 25.1 Å². The lowest BCUT2D eigenvalue weighted by molar-refractivity contribution is 0.101. The molecule has 0 amide bonds. The van der Waals surface area contributed by atoms with Gasteiger partial charge in [0.25, 0.3) is 0 Å². The van der Waals surface area contributed by atoms with E-state index in [1.54, 1.807) is 12.1 Å². The highest BCUT2D eigenvalue weighted by Gasteiger charge is 2.36. The van der Waals surface area contributed by atoms with Crippen LogP contribution in [0, 0.1) is 5.82 Å². The van der Waals surface area contributed by atoms with Crippen LogP contribution in [0.3, 0.4) is 0 Å². The Balaban J connectivity index is 1.93. The van der Waals surface area contributed by atoms with E-state index in [4.69, 9.17) is 0 Å². The number of hydrogen-bond donors (Lipinski definition) is 0. The van der Waals surface area contributed by atoms with Crippen LogP contribution in [0.25, 0.3) is 0 Å². The number of ketones is 1. The molecular formula is C18H18FNO3S. The van der Waals surface area contributed by atoms with E-state index in [1.165, 1.54) is 47.6 Å². The molecule has 0 N–H and O–H groups in total. The van der Waals surface area contributed by atoms with Crippen molar-refractivity contribution in [2.75, 3.05) is 6.54 Å². The van der Waals surface area contributed by atoms with Crippen LogP contribution in [0.1, 0.15) is 41.7 Å². The first kappa shape index (κ1) is 16.8. The number of hydrogen-bond acceptors (Lipinski definition) is 3. The van der Waals surface area contributed by atoms with Gasteiger partial charge in [-0.1, -0.05) is 24.3 Å². The zero-order valence-corrected chi connectivity index (χ0v) is 14.1. The van der Waals surface area contributed by atoms with E-state index in [0.29, 0.717) is 18.5 Å². The minimum Gasteiger partial charge on any atom is -0.295 e. The van der Waals surface area contributed by atoms with Gasteiger partial charge in [0.2, 0.25) is 10.0 Å². The lowest BCUT2D eigenvalue weighted by atomic mass is 10.1. The van der Waals surface area contributed by atoms with Crippen LogP contribution >= 0.6 is 0 Å². The maximum absolute atomic E-state index is 13.1. The molecule has 1 fully saturated rings. The summed E-state index contributed by atoms with van der Waals surface area (Å²) in [6.45, 7) is 1.87. The highest BCUT2D eigenvalue weighted by Crippen LogP contribution is 2.36. The summed E-state index contributed by atoms with van der Waals surface area (Å²) in [5.41, 5.74) is 1.27. The molecule has 1 heterocycles. The van der Waals surface area contributed by atoms with Gasteiger partial charge in [0.05, 0.1) is 10.9 Å². The molecule has 126 valence electrons. The van der Waals surface area contributed by atoms with Crippen molar-refractivity contribution < 1.29 is 17.6 Å². The molecule has 2 aromatic rings. The molecule has 2 aromatic carbocycles. The van der Waals surface area contributed by atoms with Crippen LogP contribution < -0.4 is 0 Å². The fourth-order valence-electron chi connectivity index (χ4n) is 3.04. The van der Waals surface area contributed by atoms with E-state index in [0.717, 1.165) is 12.0 Å². The van der Waals surface area contributed by atoms with Crippen molar-refractivity contribution in [2.24, 2.45) is 0 Å². The zero-order valence-electron chi connectivity index (χ0n) is 13.3. The van der Waals surface area contributed by atoms with Gasteiger partial charge in [0.1, 0.15) is 5.82 Å². The average Bonchev–Trinajstić information content (AvgIpc) is 3.06. The van der Waals surface area contributed by atoms with Crippen molar-refractivity contribution in [3.05, 3.63) is 65.5 Å². The molecule has 0 aromatic heterocycles. The molecule has 1 aliphatic heterocycles. The second-order valence-corrected chi connectivity index (χ2v) is 7.80. The van der Waals surface area contributed by atoms with E-state index in [2.05, 4.69) is 0 Å². The Kier molecular flexibility index (Phi) is 4.51. The standard InChI is InChI=1S/C18H18FNO3S/c1-13(21)14-6-10-17(11-7-14)24(22,23)20-12-2-3-18(20)15-4-8-16(19)9-5-15/h4-11,18H,2-3,12H2,1H3. The van der Waals surface area contributed by atoms with Gasteiger partial charge >= 0.3 is 0 Å². The molecule has 0 radical (unpaired) electrons. The highest BCUT2D eigenvalue weighted by molar-refractivity contribution is 7.89. The topological polar surface area (TPSA) is 54.5 Å². The molecule has 4 nitrogen and oxygen atoms in total. The maximum atomic E-state index is 13.1. The Morgan fingerprint density at radius 1 is 1.08 bits per heavy atom. The molecular weight excluding hydrogens is 329 g/mol. The smallest absolute Gasteiger partial charge is 0.243 e. The predicted molar refractivity (Wildman–Crippen MR) is 88.7 cm³/mol. The Morgan fingerprint density at radius 2 is 1.71 bits per heavy atom. The Bertz CT molecular complexity index is 845. The van der Waals surface area contributed by atoms with Gasteiger partial charge in [-0.25, -0.2) is 12.8 Å². The van der Waals surface area contributed by atoms with E-state index in [1.807, 2.05) is 0 Å². The summed E-state index contributed by atoms with van der Waals surface area (Å²) in [6, 6.07) is 11.6.